The first-order valence-electron chi connectivity index (χ1n) is 10.3. The van der Waals surface area contributed by atoms with E-state index in [1.54, 1.807) is 23.6 Å². The molecule has 2 fully saturated rings. The lowest BCUT2D eigenvalue weighted by Gasteiger charge is -2.38. The number of thiazole rings is 1. The zero-order valence-corrected chi connectivity index (χ0v) is 17.4. The van der Waals surface area contributed by atoms with Gasteiger partial charge in [-0.25, -0.2) is 9.97 Å². The highest BCUT2D eigenvalue weighted by Gasteiger charge is 2.32. The van der Waals surface area contributed by atoms with Gasteiger partial charge in [0.1, 0.15) is 16.6 Å². The third kappa shape index (κ3) is 3.65. The van der Waals surface area contributed by atoms with E-state index in [1.807, 2.05) is 21.9 Å². The number of furan rings is 1. The van der Waals surface area contributed by atoms with E-state index in [4.69, 9.17) is 4.42 Å². The van der Waals surface area contributed by atoms with Crippen molar-refractivity contribution < 1.29 is 14.0 Å². The summed E-state index contributed by atoms with van der Waals surface area (Å²) in [4.78, 5) is 41.5. The van der Waals surface area contributed by atoms with Gasteiger partial charge in [0.15, 0.2) is 5.13 Å². The molecule has 2 aliphatic rings. The van der Waals surface area contributed by atoms with E-state index in [9.17, 15) is 9.59 Å². The summed E-state index contributed by atoms with van der Waals surface area (Å²) >= 11 is 1.60. The predicted molar refractivity (Wildman–Crippen MR) is 114 cm³/mol. The van der Waals surface area contributed by atoms with Crippen LogP contribution in [0, 0.1) is 5.92 Å². The van der Waals surface area contributed by atoms with Gasteiger partial charge in [0.25, 0.3) is 5.91 Å². The minimum Gasteiger partial charge on any atom is -0.472 e. The lowest BCUT2D eigenvalue weighted by atomic mass is 9.94. The molecule has 0 aliphatic carbocycles. The zero-order valence-electron chi connectivity index (χ0n) is 16.6. The second-order valence-corrected chi connectivity index (χ2v) is 8.67. The Balaban J connectivity index is 1.14. The van der Waals surface area contributed by atoms with Crippen molar-refractivity contribution in [3.05, 3.63) is 42.5 Å². The molecule has 2 aliphatic heterocycles. The van der Waals surface area contributed by atoms with Crippen LogP contribution in [-0.4, -0.2) is 70.9 Å². The normalized spacial score (nSPS) is 18.2. The van der Waals surface area contributed by atoms with Gasteiger partial charge in [-0.05, 0) is 31.0 Å². The van der Waals surface area contributed by atoms with Crippen LogP contribution < -0.4 is 4.90 Å². The number of rotatable bonds is 3. The molecule has 3 aromatic heterocycles. The molecule has 0 atom stereocenters. The van der Waals surface area contributed by atoms with Gasteiger partial charge in [0.05, 0.1) is 11.8 Å². The van der Waals surface area contributed by atoms with Gasteiger partial charge < -0.3 is 19.1 Å². The Hall–Kier alpha value is -2.94. The van der Waals surface area contributed by atoms with Crippen molar-refractivity contribution in [2.24, 2.45) is 5.92 Å². The maximum Gasteiger partial charge on any atom is 0.257 e. The smallest absolute Gasteiger partial charge is 0.257 e. The summed E-state index contributed by atoms with van der Waals surface area (Å²) < 4.78 is 5.00. The van der Waals surface area contributed by atoms with E-state index in [2.05, 4.69) is 14.9 Å². The van der Waals surface area contributed by atoms with Crippen LogP contribution in [0.25, 0.3) is 10.3 Å². The van der Waals surface area contributed by atoms with Crippen molar-refractivity contribution in [2.45, 2.75) is 12.8 Å². The second kappa shape index (κ2) is 8.06. The highest BCUT2D eigenvalue weighted by molar-refractivity contribution is 7.21. The fraction of sp³-hybridized carbons (Fsp3) is 0.429. The maximum absolute atomic E-state index is 13.0. The first kappa shape index (κ1) is 19.0. The average molecular weight is 426 g/mol. The molecule has 0 aromatic carbocycles. The summed E-state index contributed by atoms with van der Waals surface area (Å²) in [6, 6.07) is 5.56. The van der Waals surface area contributed by atoms with Crippen molar-refractivity contribution >= 4 is 38.6 Å². The molecule has 9 heteroatoms. The second-order valence-electron chi connectivity index (χ2n) is 7.71. The molecule has 5 rings (SSSR count). The van der Waals surface area contributed by atoms with E-state index in [1.165, 1.54) is 12.5 Å². The monoisotopic (exact) mass is 425 g/mol. The number of pyridine rings is 1. The molecule has 5 heterocycles. The standard InChI is InChI=1S/C21H23N5O3S/c27-19(15-3-7-24(8-4-15)20(28)16-5-13-29-14-16)25-9-11-26(12-10-25)21-23-17-2-1-6-22-18(17)30-21/h1-2,5-6,13-15H,3-4,7-12H2. The van der Waals surface area contributed by atoms with E-state index >= 15 is 0 Å². The van der Waals surface area contributed by atoms with Crippen LogP contribution in [0.2, 0.25) is 0 Å². The summed E-state index contributed by atoms with van der Waals surface area (Å²) in [6.07, 6.45) is 6.20. The van der Waals surface area contributed by atoms with Crippen LogP contribution in [0.3, 0.4) is 0 Å². The molecule has 30 heavy (non-hydrogen) atoms. The van der Waals surface area contributed by atoms with Crippen LogP contribution in [0.15, 0.2) is 41.3 Å². The molecule has 0 saturated carbocycles. The Labute approximate surface area is 178 Å². The number of carbonyl (C=O) groups excluding carboxylic acids is 2. The maximum atomic E-state index is 13.0. The molecule has 0 unspecified atom stereocenters. The molecular weight excluding hydrogens is 402 g/mol. The molecule has 8 nitrogen and oxygen atoms in total. The fourth-order valence-corrected chi connectivity index (χ4v) is 5.13. The number of aromatic nitrogens is 2. The number of carbonyl (C=O) groups is 2. The van der Waals surface area contributed by atoms with Crippen molar-refractivity contribution in [2.75, 3.05) is 44.2 Å². The number of amides is 2. The number of piperazine rings is 1. The minimum atomic E-state index is -0.0198. The Morgan fingerprint density at radius 3 is 2.53 bits per heavy atom. The Kier molecular flexibility index (Phi) is 5.12. The van der Waals surface area contributed by atoms with Gasteiger partial charge in [-0.3, -0.25) is 9.59 Å². The number of piperidine rings is 1. The predicted octanol–water partition coefficient (Wildman–Crippen LogP) is 2.49. The van der Waals surface area contributed by atoms with Crippen molar-refractivity contribution in [3.8, 4) is 0 Å². The highest BCUT2D eigenvalue weighted by atomic mass is 32.1. The molecule has 0 N–H and O–H groups in total. The molecule has 2 saturated heterocycles. The molecule has 156 valence electrons. The largest absolute Gasteiger partial charge is 0.472 e. The quantitative estimate of drug-likeness (QED) is 0.641. The Morgan fingerprint density at radius 2 is 1.83 bits per heavy atom. The molecule has 0 spiro atoms. The number of nitrogens with zero attached hydrogens (tertiary/aromatic N) is 5. The minimum absolute atomic E-state index is 0.00315. The van der Waals surface area contributed by atoms with Crippen molar-refractivity contribution in [1.29, 1.82) is 0 Å². The number of anilines is 1. The van der Waals surface area contributed by atoms with Gasteiger partial charge in [-0.2, -0.15) is 0 Å². The summed E-state index contributed by atoms with van der Waals surface area (Å²) in [5.41, 5.74) is 1.49. The summed E-state index contributed by atoms with van der Waals surface area (Å²) in [6.45, 7) is 4.19. The van der Waals surface area contributed by atoms with Gasteiger partial charge in [-0.15, -0.1) is 0 Å². The topological polar surface area (TPSA) is 82.8 Å². The number of hydrogen-bond acceptors (Lipinski definition) is 7. The average Bonchev–Trinajstić information content (AvgIpc) is 3.48. The fourth-order valence-electron chi connectivity index (χ4n) is 4.17. The van der Waals surface area contributed by atoms with Crippen LogP contribution in [0.4, 0.5) is 5.13 Å². The summed E-state index contributed by atoms with van der Waals surface area (Å²) in [5.74, 6) is 0.196. The van der Waals surface area contributed by atoms with E-state index < -0.39 is 0 Å². The van der Waals surface area contributed by atoms with E-state index in [0.717, 1.165) is 28.6 Å². The molecule has 0 radical (unpaired) electrons. The van der Waals surface area contributed by atoms with Gasteiger partial charge >= 0.3 is 0 Å². The molecule has 2 amide bonds. The number of hydrogen-bond donors (Lipinski definition) is 0. The van der Waals surface area contributed by atoms with Crippen LogP contribution >= 0.6 is 11.3 Å². The lowest BCUT2D eigenvalue weighted by molar-refractivity contribution is -0.137. The summed E-state index contributed by atoms with van der Waals surface area (Å²) in [7, 11) is 0. The zero-order chi connectivity index (χ0) is 20.5. The first-order chi connectivity index (χ1) is 14.7. The van der Waals surface area contributed by atoms with E-state index in [-0.39, 0.29) is 17.7 Å². The van der Waals surface area contributed by atoms with Crippen molar-refractivity contribution in [1.82, 2.24) is 19.8 Å². The van der Waals surface area contributed by atoms with Gasteiger partial charge in [0, 0.05) is 51.4 Å². The number of fused-ring (bicyclic) bond motifs is 1. The third-order valence-corrected chi connectivity index (χ3v) is 6.96. The van der Waals surface area contributed by atoms with Gasteiger partial charge in [-0.1, -0.05) is 11.3 Å². The highest BCUT2D eigenvalue weighted by Crippen LogP contribution is 2.28. The molecule has 0 bridgehead atoms. The Bertz CT molecular complexity index is 1000. The molecular formula is C21H23N5O3S. The lowest BCUT2D eigenvalue weighted by Crippen LogP contribution is -2.52. The SMILES string of the molecule is O=C(c1ccoc1)N1CCC(C(=O)N2CCN(c3nc4cccnc4s3)CC2)CC1. The van der Waals surface area contributed by atoms with Gasteiger partial charge in [0.2, 0.25) is 5.91 Å². The van der Waals surface area contributed by atoms with Crippen LogP contribution in [0.5, 0.6) is 0 Å². The third-order valence-electron chi connectivity index (χ3n) is 5.92. The van der Waals surface area contributed by atoms with Crippen LogP contribution in [0.1, 0.15) is 23.2 Å². The summed E-state index contributed by atoms with van der Waals surface area (Å²) in [5, 5.41) is 0.974. The van der Waals surface area contributed by atoms with E-state index in [0.29, 0.717) is 44.6 Å². The first-order valence-corrected chi connectivity index (χ1v) is 11.1. The van der Waals surface area contributed by atoms with Crippen LogP contribution in [-0.2, 0) is 4.79 Å². The number of likely N-dealkylation sites (tertiary alicyclic amines) is 1. The Morgan fingerprint density at radius 1 is 1.03 bits per heavy atom. The van der Waals surface area contributed by atoms with Crippen molar-refractivity contribution in [3.63, 3.8) is 0 Å². The molecule has 3 aromatic rings.